The van der Waals surface area contributed by atoms with E-state index >= 15 is 0 Å². The first-order chi connectivity index (χ1) is 9.69. The molecule has 0 radical (unpaired) electrons. The molecule has 118 valence electrons. The van der Waals surface area contributed by atoms with Crippen molar-refractivity contribution in [1.82, 2.24) is 4.90 Å². The van der Waals surface area contributed by atoms with Gasteiger partial charge in [0.15, 0.2) is 0 Å². The van der Waals surface area contributed by atoms with E-state index in [-0.39, 0.29) is 24.4 Å². The van der Waals surface area contributed by atoms with Crippen LogP contribution in [0, 0.1) is 0 Å². The van der Waals surface area contributed by atoms with E-state index in [0.717, 1.165) is 31.6 Å². The minimum Gasteiger partial charge on any atom is -0.494 e. The number of aryl methyl sites for hydroxylation is 1. The van der Waals surface area contributed by atoms with Gasteiger partial charge in [-0.25, -0.2) is 0 Å². The number of likely N-dealkylation sites (tertiary alicyclic amines) is 1. The van der Waals surface area contributed by atoms with Crippen LogP contribution < -0.4 is 10.5 Å². The SMILES string of the molecule is CCOc1ccc(CCC(=O)N2CCCC(N)C2)cc1.Cl. The van der Waals surface area contributed by atoms with Crippen molar-refractivity contribution >= 4 is 18.3 Å². The molecule has 21 heavy (non-hydrogen) atoms. The molecule has 0 aliphatic carbocycles. The maximum atomic E-state index is 12.1. The van der Waals surface area contributed by atoms with Gasteiger partial charge >= 0.3 is 0 Å². The molecule has 1 saturated heterocycles. The van der Waals surface area contributed by atoms with E-state index < -0.39 is 0 Å². The van der Waals surface area contributed by atoms with Crippen LogP contribution in [0.25, 0.3) is 0 Å². The van der Waals surface area contributed by atoms with E-state index in [4.69, 9.17) is 10.5 Å². The number of benzene rings is 1. The summed E-state index contributed by atoms with van der Waals surface area (Å²) in [6.07, 6.45) is 3.39. The lowest BCUT2D eigenvalue weighted by molar-refractivity contribution is -0.132. The third kappa shape index (κ3) is 5.56. The molecule has 2 rings (SSSR count). The molecule has 1 atom stereocenters. The van der Waals surface area contributed by atoms with E-state index in [2.05, 4.69) is 0 Å². The summed E-state index contributed by atoms with van der Waals surface area (Å²) in [7, 11) is 0. The molecule has 0 bridgehead atoms. The Balaban J connectivity index is 0.00000220. The first-order valence-corrected chi connectivity index (χ1v) is 7.44. The summed E-state index contributed by atoms with van der Waals surface area (Å²) in [6.45, 7) is 4.21. The largest absolute Gasteiger partial charge is 0.494 e. The molecular formula is C16H25ClN2O2. The first-order valence-electron chi connectivity index (χ1n) is 7.44. The van der Waals surface area contributed by atoms with Crippen LogP contribution >= 0.6 is 12.4 Å². The van der Waals surface area contributed by atoms with Gasteiger partial charge in [-0.2, -0.15) is 0 Å². The average molecular weight is 313 g/mol. The van der Waals surface area contributed by atoms with Crippen LogP contribution in [0.3, 0.4) is 0 Å². The van der Waals surface area contributed by atoms with Gasteiger partial charge in [-0.05, 0) is 43.9 Å². The summed E-state index contributed by atoms with van der Waals surface area (Å²) in [5, 5.41) is 0. The Kier molecular flexibility index (Phi) is 7.54. The number of nitrogens with two attached hydrogens (primary N) is 1. The van der Waals surface area contributed by atoms with Crippen LogP contribution in [0.2, 0.25) is 0 Å². The smallest absolute Gasteiger partial charge is 0.222 e. The van der Waals surface area contributed by atoms with Crippen molar-refractivity contribution in [1.29, 1.82) is 0 Å². The lowest BCUT2D eigenvalue weighted by atomic mass is 10.0. The minimum atomic E-state index is 0. The highest BCUT2D eigenvalue weighted by atomic mass is 35.5. The highest BCUT2D eigenvalue weighted by Gasteiger charge is 2.20. The summed E-state index contributed by atoms with van der Waals surface area (Å²) in [4.78, 5) is 14.0. The molecule has 1 aliphatic heterocycles. The van der Waals surface area contributed by atoms with Crippen molar-refractivity contribution in [3.63, 3.8) is 0 Å². The zero-order valence-electron chi connectivity index (χ0n) is 12.6. The van der Waals surface area contributed by atoms with Gasteiger partial charge in [0, 0.05) is 25.6 Å². The monoisotopic (exact) mass is 312 g/mol. The second-order valence-corrected chi connectivity index (χ2v) is 5.32. The van der Waals surface area contributed by atoms with Crippen molar-refractivity contribution < 1.29 is 9.53 Å². The molecule has 1 fully saturated rings. The number of rotatable bonds is 5. The molecule has 5 heteroatoms. The van der Waals surface area contributed by atoms with Gasteiger partial charge in [0.2, 0.25) is 5.91 Å². The second-order valence-electron chi connectivity index (χ2n) is 5.32. The number of piperidine rings is 1. The number of ether oxygens (including phenoxy) is 1. The molecule has 1 aliphatic rings. The van der Waals surface area contributed by atoms with Crippen molar-refractivity contribution in [2.75, 3.05) is 19.7 Å². The van der Waals surface area contributed by atoms with Crippen molar-refractivity contribution in [3.05, 3.63) is 29.8 Å². The third-order valence-electron chi connectivity index (χ3n) is 3.67. The number of amides is 1. The van der Waals surface area contributed by atoms with E-state index in [0.29, 0.717) is 19.6 Å². The minimum absolute atomic E-state index is 0. The topological polar surface area (TPSA) is 55.6 Å². The molecule has 1 aromatic rings. The van der Waals surface area contributed by atoms with E-state index in [1.165, 1.54) is 5.56 Å². The number of carbonyl (C=O) groups is 1. The highest BCUT2D eigenvalue weighted by Crippen LogP contribution is 2.15. The molecule has 0 saturated carbocycles. The zero-order chi connectivity index (χ0) is 14.4. The number of hydrogen-bond acceptors (Lipinski definition) is 3. The van der Waals surface area contributed by atoms with Crippen LogP contribution in [0.4, 0.5) is 0 Å². The molecular weight excluding hydrogens is 288 g/mol. The molecule has 1 unspecified atom stereocenters. The summed E-state index contributed by atoms with van der Waals surface area (Å²) in [5.41, 5.74) is 7.08. The first kappa shape index (κ1) is 17.8. The van der Waals surface area contributed by atoms with Crippen LogP contribution in [-0.4, -0.2) is 36.5 Å². The molecule has 4 nitrogen and oxygen atoms in total. The standard InChI is InChI=1S/C16H24N2O2.ClH/c1-2-20-15-8-5-13(6-9-15)7-10-16(19)18-11-3-4-14(17)12-18;/h5-6,8-9,14H,2-4,7,10-12,17H2,1H3;1H. The quantitative estimate of drug-likeness (QED) is 0.908. The van der Waals surface area contributed by atoms with Gasteiger partial charge in [-0.15, -0.1) is 12.4 Å². The Morgan fingerprint density at radius 1 is 1.38 bits per heavy atom. The van der Waals surface area contributed by atoms with Gasteiger partial charge in [0.05, 0.1) is 6.61 Å². The van der Waals surface area contributed by atoms with Crippen LogP contribution in [0.5, 0.6) is 5.75 Å². The molecule has 0 aromatic heterocycles. The Hall–Kier alpha value is -1.26. The number of hydrogen-bond donors (Lipinski definition) is 1. The second kappa shape index (κ2) is 8.90. The van der Waals surface area contributed by atoms with Crippen LogP contribution in [0.1, 0.15) is 31.7 Å². The van der Waals surface area contributed by atoms with E-state index in [9.17, 15) is 4.79 Å². The lowest BCUT2D eigenvalue weighted by Crippen LogP contribution is -2.45. The summed E-state index contributed by atoms with van der Waals surface area (Å²) in [5.74, 6) is 1.10. The van der Waals surface area contributed by atoms with E-state index in [1.807, 2.05) is 36.1 Å². The summed E-state index contributed by atoms with van der Waals surface area (Å²) < 4.78 is 5.40. The van der Waals surface area contributed by atoms with Crippen molar-refractivity contribution in [2.45, 2.75) is 38.6 Å². The molecule has 2 N–H and O–H groups in total. The fourth-order valence-corrected chi connectivity index (χ4v) is 2.56. The number of carbonyl (C=O) groups excluding carboxylic acids is 1. The molecule has 1 aromatic carbocycles. The zero-order valence-corrected chi connectivity index (χ0v) is 13.4. The predicted octanol–water partition coefficient (Wildman–Crippen LogP) is 2.39. The Morgan fingerprint density at radius 2 is 2.10 bits per heavy atom. The Labute approximate surface area is 133 Å². The third-order valence-corrected chi connectivity index (χ3v) is 3.67. The Morgan fingerprint density at radius 3 is 2.71 bits per heavy atom. The van der Waals surface area contributed by atoms with Gasteiger partial charge in [0.1, 0.15) is 5.75 Å². The van der Waals surface area contributed by atoms with E-state index in [1.54, 1.807) is 0 Å². The Bertz CT molecular complexity index is 436. The molecule has 0 spiro atoms. The maximum Gasteiger partial charge on any atom is 0.222 e. The molecule has 1 heterocycles. The van der Waals surface area contributed by atoms with Gasteiger partial charge in [0.25, 0.3) is 0 Å². The number of nitrogens with zero attached hydrogens (tertiary/aromatic N) is 1. The van der Waals surface area contributed by atoms with Crippen molar-refractivity contribution in [2.24, 2.45) is 5.73 Å². The maximum absolute atomic E-state index is 12.1. The van der Waals surface area contributed by atoms with Crippen molar-refractivity contribution in [3.8, 4) is 5.75 Å². The summed E-state index contributed by atoms with van der Waals surface area (Å²) >= 11 is 0. The fraction of sp³-hybridized carbons (Fsp3) is 0.562. The van der Waals surface area contributed by atoms with Crippen LogP contribution in [-0.2, 0) is 11.2 Å². The average Bonchev–Trinajstić information content (AvgIpc) is 2.46. The predicted molar refractivity (Wildman–Crippen MR) is 87.0 cm³/mol. The molecule has 1 amide bonds. The lowest BCUT2D eigenvalue weighted by Gasteiger charge is -2.30. The summed E-state index contributed by atoms with van der Waals surface area (Å²) in [6, 6.07) is 8.12. The number of halogens is 1. The van der Waals surface area contributed by atoms with Gasteiger partial charge in [-0.3, -0.25) is 4.79 Å². The fourth-order valence-electron chi connectivity index (χ4n) is 2.56. The van der Waals surface area contributed by atoms with Gasteiger partial charge in [-0.1, -0.05) is 12.1 Å². The highest BCUT2D eigenvalue weighted by molar-refractivity contribution is 5.85. The normalized spacial score (nSPS) is 18.0. The van der Waals surface area contributed by atoms with Gasteiger partial charge < -0.3 is 15.4 Å². The van der Waals surface area contributed by atoms with Crippen LogP contribution in [0.15, 0.2) is 24.3 Å².